The zero-order valence-corrected chi connectivity index (χ0v) is 26.0. The Morgan fingerprint density at radius 3 is 1.81 bits per heavy atom. The molecule has 0 spiro atoms. The van der Waals surface area contributed by atoms with E-state index >= 15 is 0 Å². The number of aromatic nitrogens is 3. The van der Waals surface area contributed by atoms with Gasteiger partial charge in [-0.05, 0) is 163 Å². The van der Waals surface area contributed by atoms with Gasteiger partial charge in [0.25, 0.3) is 0 Å². The van der Waals surface area contributed by atoms with Crippen LogP contribution in [0.2, 0.25) is 0 Å². The van der Waals surface area contributed by atoms with Crippen molar-refractivity contribution in [2.45, 2.75) is 27.7 Å². The normalized spacial score (nSPS) is 7.31. The molecule has 2 aromatic carbocycles. The van der Waals surface area contributed by atoms with Crippen LogP contribution in [0.25, 0.3) is 32.6 Å². The smallest absolute Gasteiger partial charge is 0.155 e. The van der Waals surface area contributed by atoms with Crippen molar-refractivity contribution >= 4 is 11.0 Å². The molecule has 4 rings (SSSR count). The van der Waals surface area contributed by atoms with Crippen molar-refractivity contribution in [2.24, 2.45) is 0 Å². The number of ether oxygens (including phenoxy) is 1. The molecular formula is C38H34N6O4. The van der Waals surface area contributed by atoms with Gasteiger partial charge in [0.1, 0.15) is 22.9 Å². The summed E-state index contributed by atoms with van der Waals surface area (Å²) in [4.78, 5) is 23.6. The molecule has 2 aromatic heterocycles. The predicted molar refractivity (Wildman–Crippen MR) is 198 cm³/mol. The van der Waals surface area contributed by atoms with Crippen molar-refractivity contribution in [3.63, 3.8) is 0 Å². The van der Waals surface area contributed by atoms with Crippen LogP contribution in [-0.2, 0) is 0 Å². The molecule has 0 bridgehead atoms. The van der Waals surface area contributed by atoms with E-state index in [4.69, 9.17) is 36.7 Å². The summed E-state index contributed by atoms with van der Waals surface area (Å²) in [6.07, 6.45) is 4.89. The van der Waals surface area contributed by atoms with Gasteiger partial charge in [-0.1, -0.05) is 29.3 Å². The molecule has 48 heavy (non-hydrogen) atoms. The monoisotopic (exact) mass is 638 g/mol. The van der Waals surface area contributed by atoms with Crippen LogP contribution in [0.3, 0.4) is 0 Å². The van der Waals surface area contributed by atoms with Crippen LogP contribution in [0, 0.1) is 143 Å². The Morgan fingerprint density at radius 1 is 0.854 bits per heavy atom. The van der Waals surface area contributed by atoms with E-state index in [1.165, 1.54) is 0 Å². The first-order valence-corrected chi connectivity index (χ1v) is 13.2. The summed E-state index contributed by atoms with van der Waals surface area (Å²) in [6, 6.07) is 13.7. The van der Waals surface area contributed by atoms with Gasteiger partial charge in [-0.3, -0.25) is 0 Å². The topological polar surface area (TPSA) is 158 Å². The molecule has 0 aliphatic heterocycles. The van der Waals surface area contributed by atoms with E-state index in [0.717, 1.165) is 45.2 Å². The number of aromatic amines is 1. The first kappa shape index (κ1) is 37.9. The van der Waals surface area contributed by atoms with Gasteiger partial charge in [0.15, 0.2) is 5.75 Å². The van der Waals surface area contributed by atoms with E-state index < -0.39 is 0 Å². The fourth-order valence-electron chi connectivity index (χ4n) is 3.45. The number of rotatable bonds is 3. The Hall–Kier alpha value is -8.13. The molecule has 2 N–H and O–H groups in total. The van der Waals surface area contributed by atoms with E-state index in [1.807, 2.05) is 57.2 Å². The minimum absolute atomic E-state index is 0. The van der Waals surface area contributed by atoms with E-state index in [1.54, 1.807) is 11.8 Å². The van der Waals surface area contributed by atoms with Gasteiger partial charge in [-0.15, -0.1) is 12.0 Å². The third kappa shape index (κ3) is 13.9. The van der Waals surface area contributed by atoms with Gasteiger partial charge < -0.3 is 14.2 Å². The average molecular weight is 639 g/mol. The van der Waals surface area contributed by atoms with E-state index in [-0.39, 0.29) is 8.56 Å². The zero-order valence-electron chi connectivity index (χ0n) is 26.0. The molecule has 0 radical (unpaired) electrons. The second kappa shape index (κ2) is 23.3. The number of fused-ring (bicyclic) bond motifs is 1. The van der Waals surface area contributed by atoms with Crippen molar-refractivity contribution < 1.29 is 17.8 Å². The van der Waals surface area contributed by atoms with Gasteiger partial charge in [-0.2, -0.15) is 0 Å². The van der Waals surface area contributed by atoms with E-state index in [0.29, 0.717) is 5.75 Å². The lowest BCUT2D eigenvalue weighted by Gasteiger charge is -2.09. The Labute approximate surface area is 287 Å². The van der Waals surface area contributed by atoms with Gasteiger partial charge in [-0.25, -0.2) is 4.98 Å². The first-order chi connectivity index (χ1) is 23.4. The number of benzene rings is 2. The van der Waals surface area contributed by atoms with Crippen molar-refractivity contribution in [1.29, 1.82) is 5.53 Å². The third-order valence-corrected chi connectivity index (χ3v) is 5.04. The molecule has 240 valence electrons. The Bertz CT molecular complexity index is 2340. The fourth-order valence-corrected chi connectivity index (χ4v) is 3.45. The molecule has 4 aromatic rings. The molecule has 0 saturated carbocycles. The molecule has 0 unspecified atom stereocenters. The quantitative estimate of drug-likeness (QED) is 0.100. The fraction of sp³-hybridized carbons (Fsp3) is 0.105. The summed E-state index contributed by atoms with van der Waals surface area (Å²) < 4.78 is 11.4. The maximum atomic E-state index is 7.00. The number of hydrogen-bond donors (Lipinski definition) is 2. The number of imidazole rings is 1. The average Bonchev–Trinajstić information content (AvgIpc) is 3.64. The van der Waals surface area contributed by atoms with Crippen LogP contribution in [0.5, 0.6) is 11.5 Å². The molecule has 0 fully saturated rings. The van der Waals surface area contributed by atoms with Crippen molar-refractivity contribution in [3.8, 4) is 130 Å². The zero-order chi connectivity index (χ0) is 35.4. The van der Waals surface area contributed by atoms with Crippen molar-refractivity contribution in [3.05, 3.63) is 80.1 Å². The van der Waals surface area contributed by atoms with Gasteiger partial charge in [0.05, 0.1) is 11.2 Å². The van der Waals surface area contributed by atoms with E-state index in [2.05, 4.69) is 122 Å². The van der Waals surface area contributed by atoms with Crippen LogP contribution in [-0.4, -0.2) is 15.1 Å². The highest BCUT2D eigenvalue weighted by Crippen LogP contribution is 2.36. The number of hydrogen-bond acceptors (Lipinski definition) is 7. The number of aryl methyl sites for hydroxylation is 3. The second-order valence-corrected chi connectivity index (χ2v) is 8.18. The van der Waals surface area contributed by atoms with Gasteiger partial charge >= 0.3 is 0 Å². The highest BCUT2D eigenvalue weighted by Gasteiger charge is 2.16. The summed E-state index contributed by atoms with van der Waals surface area (Å²) in [5.41, 5.74) is 16.8. The third-order valence-electron chi connectivity index (χ3n) is 5.04. The summed E-state index contributed by atoms with van der Waals surface area (Å²) in [5, 5.41) is 4.05. The lowest BCUT2D eigenvalue weighted by Crippen LogP contribution is -1.89. The van der Waals surface area contributed by atoms with Crippen LogP contribution < -0.4 is 4.74 Å². The highest BCUT2D eigenvalue weighted by molar-refractivity contribution is 5.88. The van der Waals surface area contributed by atoms with Crippen molar-refractivity contribution in [2.75, 3.05) is 0 Å². The van der Waals surface area contributed by atoms with Gasteiger partial charge in [0, 0.05) is 24.1 Å². The Kier molecular flexibility index (Phi) is 18.4. The lowest BCUT2D eigenvalue weighted by molar-refractivity contribution is 0.393. The molecule has 10 nitrogen and oxygen atoms in total. The Morgan fingerprint density at radius 2 is 1.35 bits per heavy atom. The second-order valence-electron chi connectivity index (χ2n) is 8.18. The molecule has 0 atom stereocenters. The highest BCUT2D eigenvalue weighted by atomic mass is 16.7. The summed E-state index contributed by atoms with van der Waals surface area (Å²) in [5.74, 6) is 45.0. The van der Waals surface area contributed by atoms with Crippen LogP contribution in [0.1, 0.15) is 32.8 Å². The maximum absolute atomic E-state index is 7.00. The molecule has 10 heteroatoms. The standard InChI is InChI=1S/C19H17N3O2.C19H4.HN3.O2.6H2/c1-11-18(12(2)24-22-11)14-9-16-19(21-13(3)20-16)17(10-14)23-15-7-5-4-6-8-15;1-3-5-7-9-11-13-15-17-19-18-16-14-12-10-8-6-4-2;1-3-2;1-2;;;;;;/h4-10H,1-3H3,(H,20,21);1H,2H3;1H;;6*1H. The van der Waals surface area contributed by atoms with Crippen LogP contribution in [0.4, 0.5) is 0 Å². The van der Waals surface area contributed by atoms with Gasteiger partial charge in [0.2, 0.25) is 0 Å². The Balaban J connectivity index is -0.000000177. The number of nitrogens with one attached hydrogen (secondary N) is 2. The molecule has 0 saturated heterocycles. The summed E-state index contributed by atoms with van der Waals surface area (Å²) >= 11 is 0. The maximum Gasteiger partial charge on any atom is 0.155 e. The molecule has 2 heterocycles. The van der Waals surface area contributed by atoms with E-state index in [9.17, 15) is 0 Å². The first-order valence-electron chi connectivity index (χ1n) is 13.2. The summed E-state index contributed by atoms with van der Waals surface area (Å²) in [6.45, 7) is 7.48. The lowest BCUT2D eigenvalue weighted by atomic mass is 10.0. The molecule has 0 aliphatic rings. The van der Waals surface area contributed by atoms with Crippen LogP contribution in [0.15, 0.2) is 47.0 Å². The minimum atomic E-state index is 0. The largest absolute Gasteiger partial charge is 0.455 e. The number of H-pyrrole nitrogens is 1. The SMILES string of the molecule is C#CC#CC#CC#CC#CC#CC#CC#CC#CC.Cc1nc2c(Oc3ccccc3)cc(-c3c(C)noc3C)cc2[nH]1.O=O.[HH].[HH].[HH].[HH].[HH].[HH].[N-]=[N+]=N. The number of nitrogens with zero attached hydrogens (tertiary/aromatic N) is 4. The number of para-hydroxylation sites is 1. The molecule has 0 amide bonds. The minimum Gasteiger partial charge on any atom is -0.455 e. The number of terminal acetylenes is 1. The molecule has 0 aliphatic carbocycles. The molecular weight excluding hydrogens is 604 g/mol. The summed E-state index contributed by atoms with van der Waals surface area (Å²) in [7, 11) is 0. The van der Waals surface area contributed by atoms with Crippen LogP contribution >= 0.6 is 0 Å². The van der Waals surface area contributed by atoms with Crippen molar-refractivity contribution in [1.82, 2.24) is 15.1 Å². The predicted octanol–water partition coefficient (Wildman–Crippen LogP) is 8.02.